The first kappa shape index (κ1) is 53.0. The molecule has 0 saturated carbocycles. The topological polar surface area (TPSA) is 67.4 Å². The summed E-state index contributed by atoms with van der Waals surface area (Å²) in [7, 11) is 0. The maximum atomic E-state index is 5.42. The minimum atomic E-state index is -0.209. The van der Waals surface area contributed by atoms with Crippen LogP contribution in [0.4, 0.5) is 34.4 Å². The second kappa shape index (κ2) is 20.4. The van der Waals surface area contributed by atoms with Gasteiger partial charge >= 0.3 is 42.1 Å². The number of anilines is 6. The Morgan fingerprint density at radius 1 is 0.393 bits per heavy atom. The molecule has 84 heavy (non-hydrogen) atoms. The van der Waals surface area contributed by atoms with E-state index in [1.54, 1.807) is 0 Å². The van der Waals surface area contributed by atoms with E-state index < -0.39 is 0 Å². The van der Waals surface area contributed by atoms with Gasteiger partial charge in [-0.3, -0.25) is 0 Å². The van der Waals surface area contributed by atoms with E-state index in [0.29, 0.717) is 0 Å². The van der Waals surface area contributed by atoms with Crippen LogP contribution < -0.4 is 9.80 Å². The number of aromatic nitrogens is 6. The molecule has 7 aromatic heterocycles. The first-order valence-corrected chi connectivity index (χ1v) is 27.8. The Kier molecular flexibility index (Phi) is 12.9. The number of para-hydroxylation sites is 6. The van der Waals surface area contributed by atoms with Crippen molar-refractivity contribution in [3.63, 3.8) is 0 Å². The molecule has 9 heterocycles. The molecule has 406 valence electrons. The number of fused-ring (bicyclic) bond motifs is 13. The minimum absolute atomic E-state index is 0. The van der Waals surface area contributed by atoms with Crippen LogP contribution in [0.5, 0.6) is 0 Å². The largest absolute Gasteiger partial charge is 2.00 e. The molecule has 0 bridgehead atoms. The van der Waals surface area contributed by atoms with Crippen molar-refractivity contribution in [2.45, 2.75) is 38.5 Å². The van der Waals surface area contributed by atoms with Crippen LogP contribution in [0.1, 0.15) is 49.9 Å². The van der Waals surface area contributed by atoms with E-state index in [-0.39, 0.29) is 53.0 Å². The molecule has 10 heteroatoms. The Labute approximate surface area is 515 Å². The second-order valence-corrected chi connectivity index (χ2v) is 22.3. The van der Waals surface area contributed by atoms with E-state index in [4.69, 9.17) is 9.97 Å². The van der Waals surface area contributed by atoms with Crippen LogP contribution in [0.15, 0.2) is 231 Å². The van der Waals surface area contributed by atoms with E-state index in [1.165, 1.54) is 49.3 Å². The molecule has 0 spiro atoms. The fraction of sp³-hybridized carbons (Fsp3) is 0.0811. The predicted octanol–water partition coefficient (Wildman–Crippen LogP) is 17.9. The van der Waals surface area contributed by atoms with Crippen molar-refractivity contribution in [2.24, 2.45) is 0 Å². The molecule has 0 N–H and O–H groups in total. The van der Waals surface area contributed by atoms with Gasteiger partial charge in [-0.25, -0.2) is 9.97 Å². The summed E-state index contributed by atoms with van der Waals surface area (Å²) in [4.78, 5) is 24.6. The number of pyridine rings is 4. The summed E-state index contributed by atoms with van der Waals surface area (Å²) >= 11 is 0. The van der Waals surface area contributed by atoms with E-state index in [0.717, 1.165) is 95.7 Å². The maximum Gasteiger partial charge on any atom is 2.00 e. The Hall–Kier alpha value is -9.06. The van der Waals surface area contributed by atoms with Crippen molar-refractivity contribution in [2.75, 3.05) is 9.80 Å². The number of hydrogen-bond acceptors (Lipinski definition) is 6. The third kappa shape index (κ3) is 8.02. The van der Waals surface area contributed by atoms with Gasteiger partial charge in [0.1, 0.15) is 22.9 Å². The van der Waals surface area contributed by atoms with Crippen molar-refractivity contribution in [1.82, 2.24) is 28.9 Å². The van der Waals surface area contributed by atoms with Crippen molar-refractivity contribution in [3.8, 4) is 28.2 Å². The van der Waals surface area contributed by atoms with Crippen LogP contribution in [0.3, 0.4) is 0 Å². The smallest absolute Gasteiger partial charge is 0.318 e. The van der Waals surface area contributed by atoms with Crippen LogP contribution in [0, 0.1) is 24.3 Å². The third-order valence-electron chi connectivity index (χ3n) is 17.0. The fourth-order valence-electron chi connectivity index (χ4n) is 13.1. The molecule has 8 nitrogen and oxygen atoms in total. The monoisotopic (exact) mass is 1440 g/mol. The van der Waals surface area contributed by atoms with Gasteiger partial charge in [0, 0.05) is 50.8 Å². The molecule has 8 aromatic carbocycles. The van der Waals surface area contributed by atoms with Gasteiger partial charge in [0.05, 0.1) is 5.52 Å². The average molecular weight is 1440 g/mol. The van der Waals surface area contributed by atoms with E-state index in [2.05, 4.69) is 238 Å². The van der Waals surface area contributed by atoms with E-state index in [9.17, 15) is 0 Å². The van der Waals surface area contributed by atoms with Crippen molar-refractivity contribution >= 4 is 94.5 Å². The molecular formula is C74H50N8Pt2. The molecule has 2 aliphatic rings. The van der Waals surface area contributed by atoms with Crippen LogP contribution in [0.2, 0.25) is 0 Å². The zero-order valence-corrected chi connectivity index (χ0v) is 50.7. The Morgan fingerprint density at radius 2 is 0.905 bits per heavy atom. The van der Waals surface area contributed by atoms with Crippen LogP contribution in [-0.4, -0.2) is 28.9 Å². The van der Waals surface area contributed by atoms with Gasteiger partial charge in [0.25, 0.3) is 0 Å². The van der Waals surface area contributed by atoms with Crippen molar-refractivity contribution < 1.29 is 42.1 Å². The minimum Gasteiger partial charge on any atom is -0.318 e. The van der Waals surface area contributed by atoms with Crippen molar-refractivity contribution in [1.29, 1.82) is 0 Å². The molecular weight excluding hydrogens is 1390 g/mol. The summed E-state index contributed by atoms with van der Waals surface area (Å²) in [6.07, 6.45) is 3.66. The van der Waals surface area contributed by atoms with Gasteiger partial charge in [-0.15, -0.1) is 59.0 Å². The average Bonchev–Trinajstić information content (AvgIpc) is 1.74. The zero-order chi connectivity index (χ0) is 54.8. The standard InChI is InChI=1S/C37H24N4.C37H26N4.2Pt/c1-37(2)28-13-4-6-16-32(28)40(33-22-23(17-19-29(33)37)30-14-7-8-21-38-30)34-20-18-27-26-12-9-11-25-24-10-3-5-15-31(24)41(35(25)26)36(27)39-34;1-37(2)29-15-7-9-18-33(29)41(34-24-25(19-21-30(34)37)31-16-10-11-23-38-31)35-22-20-28-27-14-6-8-17-32(27)40(36(28)39-35)26-12-4-3-5-13-26;;/h3-14,16-21H,1-2H3;3-12,14-23H,1-2H3;;/q2*-2;2*+2. The van der Waals surface area contributed by atoms with E-state index >= 15 is 0 Å². The summed E-state index contributed by atoms with van der Waals surface area (Å²) in [5.41, 5.74) is 18.7. The number of nitrogens with zero attached hydrogens (tertiary/aromatic N) is 8. The van der Waals surface area contributed by atoms with Gasteiger partial charge in [0.15, 0.2) is 0 Å². The predicted molar refractivity (Wildman–Crippen MR) is 333 cm³/mol. The third-order valence-corrected chi connectivity index (χ3v) is 17.0. The second-order valence-electron chi connectivity index (χ2n) is 22.3. The number of benzene rings is 8. The molecule has 0 atom stereocenters. The number of rotatable bonds is 5. The van der Waals surface area contributed by atoms with Gasteiger partial charge in [-0.2, -0.15) is 48.5 Å². The van der Waals surface area contributed by atoms with Crippen LogP contribution >= 0.6 is 0 Å². The summed E-state index contributed by atoms with van der Waals surface area (Å²) in [6, 6.07) is 90.5. The summed E-state index contributed by atoms with van der Waals surface area (Å²) < 4.78 is 4.50. The first-order valence-electron chi connectivity index (χ1n) is 27.8. The molecule has 15 aromatic rings. The number of hydrogen-bond donors (Lipinski definition) is 0. The van der Waals surface area contributed by atoms with Crippen LogP contribution in [-0.2, 0) is 53.0 Å². The Bertz CT molecular complexity index is 5010. The van der Waals surface area contributed by atoms with Gasteiger partial charge in [0.2, 0.25) is 0 Å². The zero-order valence-electron chi connectivity index (χ0n) is 46.1. The maximum absolute atomic E-state index is 5.42. The Balaban J connectivity index is 0.000000146. The van der Waals surface area contributed by atoms with Crippen LogP contribution in [0.25, 0.3) is 88.4 Å². The quantitative estimate of drug-likeness (QED) is 0.160. The summed E-state index contributed by atoms with van der Waals surface area (Å²) in [6.45, 7) is 9.16. The molecule has 0 radical (unpaired) electrons. The molecule has 2 aliphatic heterocycles. The first-order chi connectivity index (χ1) is 40.2. The Morgan fingerprint density at radius 3 is 1.50 bits per heavy atom. The van der Waals surface area contributed by atoms with Crippen molar-refractivity contribution in [3.05, 3.63) is 277 Å². The SMILES string of the molecule is CC1(C)c2ccc(-c3ccccn3)[c-]c2N(c2ccc3c4cccc5c6ccc[c-]c6n(c3n2)c54)c2ccccc21.CC1(C)c2ccc(-c3ccccn3)[c-]c2N(c2ccc3c4ccccc4n(-c4[c-]cccc4)c3n2)c2ccccc21.[Pt+2].[Pt+2]. The molecule has 0 amide bonds. The van der Waals surface area contributed by atoms with Gasteiger partial charge in [-0.05, 0) is 105 Å². The molecule has 0 unspecified atom stereocenters. The van der Waals surface area contributed by atoms with Gasteiger partial charge < -0.3 is 28.7 Å². The molecule has 17 rings (SSSR count). The fourth-order valence-corrected chi connectivity index (χ4v) is 13.1. The van der Waals surface area contributed by atoms with Gasteiger partial charge in [-0.1, -0.05) is 147 Å². The summed E-state index contributed by atoms with van der Waals surface area (Å²) in [5.74, 6) is 1.71. The molecule has 0 fully saturated rings. The molecule has 0 saturated heterocycles. The van der Waals surface area contributed by atoms with E-state index in [1.807, 2.05) is 73.1 Å². The summed E-state index contributed by atoms with van der Waals surface area (Å²) in [5, 5.41) is 7.07. The molecule has 0 aliphatic carbocycles. The normalized spacial score (nSPS) is 13.7.